The molecule has 0 amide bonds. The minimum atomic E-state index is -1.97. The molecular weight excluding hydrogens is 809 g/mol. The first-order valence-corrected chi connectivity index (χ1v) is 21.9. The molecule has 336 valence electrons. The summed E-state index contributed by atoms with van der Waals surface area (Å²) in [6.07, 6.45) is 2.23. The van der Waals surface area contributed by atoms with E-state index in [9.17, 15) is 40.2 Å². The van der Waals surface area contributed by atoms with E-state index in [4.69, 9.17) is 23.7 Å². The summed E-state index contributed by atoms with van der Waals surface area (Å²) in [4.78, 5) is 28.3. The van der Waals surface area contributed by atoms with Gasteiger partial charge >= 0.3 is 0 Å². The maximum absolute atomic E-state index is 14.2. The first-order chi connectivity index (χ1) is 29.9. The van der Waals surface area contributed by atoms with Crippen LogP contribution in [0.4, 0.5) is 0 Å². The predicted molar refractivity (Wildman–Crippen MR) is 234 cm³/mol. The molecule has 13 heteroatoms. The van der Waals surface area contributed by atoms with Gasteiger partial charge in [-0.2, -0.15) is 0 Å². The van der Waals surface area contributed by atoms with Gasteiger partial charge in [-0.25, -0.2) is 0 Å². The van der Waals surface area contributed by atoms with Gasteiger partial charge in [-0.1, -0.05) is 76.2 Å². The third kappa shape index (κ3) is 7.13. The third-order valence-corrected chi connectivity index (χ3v) is 14.5. The van der Waals surface area contributed by atoms with Gasteiger partial charge in [0.15, 0.2) is 11.6 Å². The Bertz CT molecular complexity index is 2340. The van der Waals surface area contributed by atoms with Gasteiger partial charge in [-0.3, -0.25) is 14.3 Å². The maximum atomic E-state index is 14.2. The van der Waals surface area contributed by atoms with Crippen molar-refractivity contribution in [2.45, 2.75) is 104 Å². The molecule has 63 heavy (non-hydrogen) atoms. The second kappa shape index (κ2) is 16.8. The molecule has 4 aromatic rings. The highest BCUT2D eigenvalue weighted by Gasteiger charge is 2.64. The highest BCUT2D eigenvalue weighted by molar-refractivity contribution is 6.02. The number of fused-ring (bicyclic) bond motifs is 10. The standard InChI is InChI=1S/C50H58O13/c1-7-59-45(61-25-41(53)43(55)49(57)27(3)21-39-37-13-9-29-23-31(51)11-15-33(29)35(37)17-19-47(39,49)5)63-46(60-8-2)62-26-42(54)44(56)50(58)28(4)22-40-38-14-10-30-24-32(52)12-16-34(30)36(38)18-20-48(40,50)6/h9-16,21-24,27-28,41-42,45-46,51-54,57-58H,7-8,17-20,25-26H2,1-6H3/t27-,28-,41?,42?,45?,46?,47+,48+,49+,50+/m1/s1. The van der Waals surface area contributed by atoms with E-state index in [-0.39, 0.29) is 24.7 Å². The van der Waals surface area contributed by atoms with Crippen molar-refractivity contribution in [1.29, 1.82) is 0 Å². The van der Waals surface area contributed by atoms with Crippen LogP contribution in [0.5, 0.6) is 11.5 Å². The lowest BCUT2D eigenvalue weighted by Gasteiger charge is -2.46. The Morgan fingerprint density at radius 3 is 1.41 bits per heavy atom. The lowest BCUT2D eigenvalue weighted by molar-refractivity contribution is -0.399. The molecule has 0 bridgehead atoms. The number of aliphatic hydroxyl groups is 4. The SMILES string of the molecule is CCOC(OCC(O)C(=O)[C@@]1(O)[C@H](C)C=C2c3ccc4cc(O)ccc4c3CC[C@@]21C)OC(OCC)OCC(O)C(=O)[C@@]1(O)[C@H](C)C=C2c3ccc4cc(O)ccc4c3CC[C@@]21C. The molecule has 4 unspecified atom stereocenters. The van der Waals surface area contributed by atoms with Crippen LogP contribution >= 0.6 is 0 Å². The van der Waals surface area contributed by atoms with Crippen molar-refractivity contribution in [2.75, 3.05) is 26.4 Å². The topological polar surface area (TPSA) is 202 Å². The number of carbonyl (C=O) groups excluding carboxylic acids is 2. The molecule has 4 aliphatic carbocycles. The van der Waals surface area contributed by atoms with Crippen LogP contribution in [-0.4, -0.2) is 105 Å². The van der Waals surface area contributed by atoms with Crippen molar-refractivity contribution < 1.29 is 63.9 Å². The molecule has 0 spiro atoms. The fraction of sp³-hybridized carbons (Fsp3) is 0.480. The molecule has 0 aromatic heterocycles. The molecule has 0 aliphatic heterocycles. The van der Waals surface area contributed by atoms with Gasteiger partial charge < -0.3 is 49.6 Å². The summed E-state index contributed by atoms with van der Waals surface area (Å²) >= 11 is 0. The van der Waals surface area contributed by atoms with E-state index in [1.807, 2.05) is 62.4 Å². The van der Waals surface area contributed by atoms with Gasteiger partial charge in [-0.05, 0) is 119 Å². The Balaban J connectivity index is 0.912. The lowest BCUT2D eigenvalue weighted by Crippen LogP contribution is -2.59. The quantitative estimate of drug-likeness (QED) is 0.0708. The van der Waals surface area contributed by atoms with E-state index >= 15 is 0 Å². The number of benzene rings is 4. The van der Waals surface area contributed by atoms with Crippen molar-refractivity contribution >= 4 is 44.3 Å². The smallest absolute Gasteiger partial charge is 0.275 e. The van der Waals surface area contributed by atoms with E-state index in [1.54, 1.807) is 52.0 Å². The number of rotatable bonds is 16. The van der Waals surface area contributed by atoms with Crippen LogP contribution in [0.25, 0.3) is 32.7 Å². The van der Waals surface area contributed by atoms with Crippen molar-refractivity contribution in [2.24, 2.45) is 22.7 Å². The molecule has 6 N–H and O–H groups in total. The second-order valence-electron chi connectivity index (χ2n) is 18.0. The van der Waals surface area contributed by atoms with Crippen LogP contribution in [-0.2, 0) is 46.1 Å². The van der Waals surface area contributed by atoms with Gasteiger partial charge in [0.1, 0.15) is 34.9 Å². The summed E-state index contributed by atoms with van der Waals surface area (Å²) in [5.74, 6) is -2.58. The van der Waals surface area contributed by atoms with Gasteiger partial charge in [0.2, 0.25) is 0 Å². The number of phenolic OH excluding ortho intramolecular Hbond substituents is 2. The van der Waals surface area contributed by atoms with Crippen LogP contribution in [0, 0.1) is 22.7 Å². The van der Waals surface area contributed by atoms with Gasteiger partial charge in [0.05, 0.1) is 13.2 Å². The number of aromatic hydroxyl groups is 2. The van der Waals surface area contributed by atoms with Crippen LogP contribution in [0.3, 0.4) is 0 Å². The molecule has 8 rings (SSSR count). The molecule has 4 aromatic carbocycles. The van der Waals surface area contributed by atoms with Crippen LogP contribution < -0.4 is 0 Å². The van der Waals surface area contributed by atoms with E-state index in [0.29, 0.717) is 25.7 Å². The number of ketones is 2. The van der Waals surface area contributed by atoms with E-state index in [2.05, 4.69) is 0 Å². The molecule has 0 saturated carbocycles. The molecule has 13 nitrogen and oxygen atoms in total. The number of phenols is 2. The lowest BCUT2D eigenvalue weighted by atomic mass is 9.60. The third-order valence-electron chi connectivity index (χ3n) is 14.5. The number of ether oxygens (including phenoxy) is 5. The average Bonchev–Trinajstić information content (AvgIpc) is 3.61. The normalized spacial score (nSPS) is 29.2. The minimum Gasteiger partial charge on any atom is -0.508 e. The highest BCUT2D eigenvalue weighted by Crippen LogP contribution is 2.61. The van der Waals surface area contributed by atoms with Crippen molar-refractivity contribution in [3.63, 3.8) is 0 Å². The zero-order valence-electron chi connectivity index (χ0n) is 36.6. The second-order valence-corrected chi connectivity index (χ2v) is 18.0. The molecule has 0 fully saturated rings. The fourth-order valence-corrected chi connectivity index (χ4v) is 11.1. The largest absolute Gasteiger partial charge is 0.508 e. The fourth-order valence-electron chi connectivity index (χ4n) is 11.1. The Labute approximate surface area is 366 Å². The number of carbonyl (C=O) groups is 2. The molecule has 0 saturated heterocycles. The van der Waals surface area contributed by atoms with E-state index in [0.717, 1.165) is 54.9 Å². The predicted octanol–water partition coefficient (Wildman–Crippen LogP) is 6.09. The van der Waals surface area contributed by atoms with Crippen LogP contribution in [0.2, 0.25) is 0 Å². The first-order valence-electron chi connectivity index (χ1n) is 21.9. The Morgan fingerprint density at radius 2 is 1.03 bits per heavy atom. The van der Waals surface area contributed by atoms with Crippen molar-refractivity contribution in [1.82, 2.24) is 0 Å². The summed E-state index contributed by atoms with van der Waals surface area (Å²) in [5.41, 5.74) is -0.363. The van der Waals surface area contributed by atoms with E-state index < -0.39 is 83.8 Å². The Morgan fingerprint density at radius 1 is 0.635 bits per heavy atom. The Hall–Kier alpha value is -4.54. The molecule has 0 heterocycles. The van der Waals surface area contributed by atoms with Gasteiger partial charge in [0.25, 0.3) is 13.0 Å². The van der Waals surface area contributed by atoms with Crippen molar-refractivity contribution in [3.05, 3.63) is 95.1 Å². The number of hydrogen-bond acceptors (Lipinski definition) is 13. The number of aryl methyl sites for hydroxylation is 2. The van der Waals surface area contributed by atoms with E-state index in [1.165, 1.54) is 0 Å². The minimum absolute atomic E-state index is 0.0783. The van der Waals surface area contributed by atoms with Gasteiger partial charge in [0, 0.05) is 35.9 Å². The summed E-state index contributed by atoms with van der Waals surface area (Å²) in [6, 6.07) is 18.2. The number of Topliss-reactive ketones (excluding diaryl/α,β-unsaturated/α-hetero) is 2. The number of hydrogen-bond donors (Lipinski definition) is 6. The first kappa shape index (κ1) is 45.0. The summed E-state index contributed by atoms with van der Waals surface area (Å²) in [6.45, 7) is 6.39. The van der Waals surface area contributed by atoms with Crippen LogP contribution in [0.15, 0.2) is 72.8 Å². The molecular formula is C50H58O13. The monoisotopic (exact) mass is 866 g/mol. The average molecular weight is 867 g/mol. The zero-order valence-corrected chi connectivity index (χ0v) is 36.6. The summed E-state index contributed by atoms with van der Waals surface area (Å²) in [5, 5.41) is 71.1. The van der Waals surface area contributed by atoms with Crippen LogP contribution in [0.1, 0.15) is 76.6 Å². The van der Waals surface area contributed by atoms with Crippen molar-refractivity contribution in [3.8, 4) is 11.5 Å². The van der Waals surface area contributed by atoms with Gasteiger partial charge in [-0.15, -0.1) is 0 Å². The molecule has 10 atom stereocenters. The Kier molecular flexibility index (Phi) is 12.0. The zero-order chi connectivity index (χ0) is 45.2. The summed E-state index contributed by atoms with van der Waals surface area (Å²) < 4.78 is 28.5. The highest BCUT2D eigenvalue weighted by atomic mass is 16.9. The maximum Gasteiger partial charge on any atom is 0.275 e. The molecule has 0 radical (unpaired) electrons. The molecule has 4 aliphatic rings. The number of aliphatic hydroxyl groups excluding tert-OH is 2. The summed E-state index contributed by atoms with van der Waals surface area (Å²) in [7, 11) is 0.